The number of rotatable bonds is 4. The quantitative estimate of drug-likeness (QED) is 0.846. The number of benzene rings is 2. The van der Waals surface area contributed by atoms with Crippen LogP contribution in [-0.4, -0.2) is 25.4 Å². The van der Waals surface area contributed by atoms with Crippen molar-refractivity contribution < 1.29 is 13.5 Å². The molecule has 2 aromatic carbocycles. The lowest BCUT2D eigenvalue weighted by Crippen LogP contribution is -2.18. The van der Waals surface area contributed by atoms with E-state index in [1.165, 1.54) is 0 Å². The van der Waals surface area contributed by atoms with Crippen molar-refractivity contribution in [3.05, 3.63) is 64.1 Å². The fourth-order valence-electron chi connectivity index (χ4n) is 3.23. The Bertz CT molecular complexity index is 901. The number of aliphatic hydroxyl groups is 1. The molecule has 0 amide bonds. The Balaban J connectivity index is 2.06. The van der Waals surface area contributed by atoms with E-state index in [1.807, 2.05) is 19.1 Å². The fraction of sp³-hybridized carbons (Fsp3) is 0.278. The zero-order valence-corrected chi connectivity index (χ0v) is 15.4. The Morgan fingerprint density at radius 3 is 2.25 bits per heavy atom. The molecule has 2 aromatic rings. The minimum absolute atomic E-state index is 0.186. The lowest BCUT2D eigenvalue weighted by molar-refractivity contribution is 0.242. The predicted octanol–water partition coefficient (Wildman–Crippen LogP) is 3.20. The molecule has 0 bridgehead atoms. The number of hydrogen-bond acceptors (Lipinski definition) is 4. The molecule has 1 aliphatic rings. The third-order valence-corrected chi connectivity index (χ3v) is 7.46. The van der Waals surface area contributed by atoms with Gasteiger partial charge in [-0.1, -0.05) is 45.8 Å². The van der Waals surface area contributed by atoms with Crippen LogP contribution in [0.4, 0.5) is 0 Å². The monoisotopic (exact) mass is 405 g/mol. The molecule has 0 saturated heterocycles. The van der Waals surface area contributed by atoms with E-state index >= 15 is 0 Å². The average molecular weight is 406 g/mol. The summed E-state index contributed by atoms with van der Waals surface area (Å²) in [7, 11) is -3.72. The summed E-state index contributed by atoms with van der Waals surface area (Å²) in [6.45, 7) is 1.39. The number of nitriles is 1. The third kappa shape index (κ3) is 2.57. The molecule has 1 N–H and O–H groups in total. The summed E-state index contributed by atoms with van der Waals surface area (Å²) in [6, 6.07) is 15.8. The van der Waals surface area contributed by atoms with Gasteiger partial charge in [-0.15, -0.1) is 0 Å². The van der Waals surface area contributed by atoms with Gasteiger partial charge in [-0.3, -0.25) is 0 Å². The highest BCUT2D eigenvalue weighted by Gasteiger charge is 2.72. The Morgan fingerprint density at radius 2 is 1.75 bits per heavy atom. The summed E-state index contributed by atoms with van der Waals surface area (Å²) in [5, 5.41) is 18.4. The van der Waals surface area contributed by atoms with Crippen molar-refractivity contribution in [3.63, 3.8) is 0 Å². The van der Waals surface area contributed by atoms with Crippen molar-refractivity contribution in [1.29, 1.82) is 5.26 Å². The van der Waals surface area contributed by atoms with Gasteiger partial charge in [0, 0.05) is 10.4 Å². The van der Waals surface area contributed by atoms with Crippen LogP contribution in [0.3, 0.4) is 0 Å². The molecule has 3 atom stereocenters. The highest BCUT2D eigenvalue weighted by atomic mass is 79.9. The topological polar surface area (TPSA) is 78.2 Å². The first-order chi connectivity index (χ1) is 11.4. The van der Waals surface area contributed by atoms with E-state index in [2.05, 4.69) is 22.0 Å². The Morgan fingerprint density at radius 1 is 1.17 bits per heavy atom. The smallest absolute Gasteiger partial charge is 0.183 e. The molecule has 1 saturated carbocycles. The van der Waals surface area contributed by atoms with Gasteiger partial charge in [-0.05, 0) is 36.8 Å². The Hall–Kier alpha value is -1.68. The zero-order valence-electron chi connectivity index (χ0n) is 13.0. The van der Waals surface area contributed by atoms with E-state index in [0.29, 0.717) is 0 Å². The van der Waals surface area contributed by atoms with E-state index in [4.69, 9.17) is 0 Å². The fourth-order valence-corrected chi connectivity index (χ4v) is 5.81. The molecule has 1 fully saturated rings. The van der Waals surface area contributed by atoms with Gasteiger partial charge in [-0.2, -0.15) is 5.26 Å². The van der Waals surface area contributed by atoms with Crippen molar-refractivity contribution in [2.45, 2.75) is 23.0 Å². The molecule has 1 aliphatic carbocycles. The molecule has 124 valence electrons. The Kier molecular flexibility index (Phi) is 4.28. The average Bonchev–Trinajstić information content (AvgIpc) is 3.26. The number of aliphatic hydroxyl groups excluding tert-OH is 1. The Labute approximate surface area is 149 Å². The first-order valence-electron chi connectivity index (χ1n) is 7.45. The third-order valence-electron chi connectivity index (χ3n) is 4.64. The van der Waals surface area contributed by atoms with Gasteiger partial charge in [0.2, 0.25) is 0 Å². The van der Waals surface area contributed by atoms with E-state index in [9.17, 15) is 18.8 Å². The maximum Gasteiger partial charge on any atom is 0.183 e. The molecule has 24 heavy (non-hydrogen) atoms. The summed E-state index contributed by atoms with van der Waals surface area (Å²) >= 11 is 3.34. The summed E-state index contributed by atoms with van der Waals surface area (Å²) in [5.41, 5.74) is 0.412. The van der Waals surface area contributed by atoms with Crippen LogP contribution in [0, 0.1) is 23.7 Å². The molecule has 0 heterocycles. The molecular weight excluding hydrogens is 390 g/mol. The molecule has 6 heteroatoms. The number of sulfone groups is 1. The molecule has 0 spiro atoms. The van der Waals surface area contributed by atoms with Crippen molar-refractivity contribution in [1.82, 2.24) is 0 Å². The van der Waals surface area contributed by atoms with Crippen LogP contribution in [0.15, 0.2) is 57.9 Å². The summed E-state index contributed by atoms with van der Waals surface area (Å²) < 4.78 is 26.9. The highest BCUT2D eigenvalue weighted by molar-refractivity contribution is 9.10. The molecule has 0 aliphatic heterocycles. The van der Waals surface area contributed by atoms with Crippen LogP contribution in [-0.2, 0) is 9.84 Å². The number of halogens is 1. The summed E-state index contributed by atoms with van der Waals surface area (Å²) in [6.07, 6.45) is 0. The van der Waals surface area contributed by atoms with Crippen LogP contribution in [0.25, 0.3) is 0 Å². The molecule has 0 radical (unpaired) electrons. The molecular formula is C18H16BrNO3S. The van der Waals surface area contributed by atoms with Gasteiger partial charge in [0.15, 0.2) is 9.84 Å². The van der Waals surface area contributed by atoms with Crippen LogP contribution in [0.5, 0.6) is 0 Å². The van der Waals surface area contributed by atoms with Crippen LogP contribution >= 0.6 is 15.9 Å². The van der Waals surface area contributed by atoms with Crippen LogP contribution in [0.1, 0.15) is 17.0 Å². The first kappa shape index (κ1) is 17.2. The molecule has 0 aromatic heterocycles. The van der Waals surface area contributed by atoms with Gasteiger partial charge in [-0.25, -0.2) is 8.42 Å². The maximum atomic E-state index is 13.0. The number of nitrogens with zero attached hydrogens (tertiary/aromatic N) is 1. The van der Waals surface area contributed by atoms with Gasteiger partial charge >= 0.3 is 0 Å². The predicted molar refractivity (Wildman–Crippen MR) is 94.2 cm³/mol. The van der Waals surface area contributed by atoms with Gasteiger partial charge in [0.25, 0.3) is 0 Å². The van der Waals surface area contributed by atoms with Crippen LogP contribution in [0.2, 0.25) is 0 Å². The number of hydrogen-bond donors (Lipinski definition) is 1. The second-order valence-corrected chi connectivity index (χ2v) is 9.10. The van der Waals surface area contributed by atoms with Crippen molar-refractivity contribution >= 4 is 25.8 Å². The van der Waals surface area contributed by atoms with Gasteiger partial charge in [0.1, 0.15) is 5.41 Å². The van der Waals surface area contributed by atoms with E-state index < -0.39 is 33.0 Å². The molecule has 4 nitrogen and oxygen atoms in total. The zero-order chi connectivity index (χ0) is 17.5. The number of aryl methyl sites for hydroxylation is 1. The maximum absolute atomic E-state index is 13.0. The van der Waals surface area contributed by atoms with E-state index in [1.54, 1.807) is 36.4 Å². The molecule has 3 unspecified atom stereocenters. The minimum atomic E-state index is -3.72. The van der Waals surface area contributed by atoms with Crippen molar-refractivity contribution in [3.8, 4) is 6.07 Å². The van der Waals surface area contributed by atoms with Crippen molar-refractivity contribution in [2.24, 2.45) is 5.41 Å². The van der Waals surface area contributed by atoms with Crippen molar-refractivity contribution in [2.75, 3.05) is 6.61 Å². The summed E-state index contributed by atoms with van der Waals surface area (Å²) in [5.74, 6) is -0.535. The second kappa shape index (κ2) is 5.99. The molecule has 3 rings (SSSR count). The lowest BCUT2D eigenvalue weighted by Gasteiger charge is -2.06. The minimum Gasteiger partial charge on any atom is -0.395 e. The van der Waals surface area contributed by atoms with Gasteiger partial charge in [0.05, 0.1) is 22.8 Å². The first-order valence-corrected chi connectivity index (χ1v) is 9.79. The second-order valence-electron chi connectivity index (χ2n) is 6.12. The highest BCUT2D eigenvalue weighted by Crippen LogP contribution is 2.63. The standard InChI is InChI=1S/C18H16BrNO3S/c1-12-2-8-15(9-3-12)24(22,23)17-16(18(17,10-20)11-21)13-4-6-14(19)7-5-13/h2-9,16-17,21H,11H2,1H3. The van der Waals surface area contributed by atoms with Gasteiger partial charge < -0.3 is 5.11 Å². The largest absolute Gasteiger partial charge is 0.395 e. The normalized spacial score (nSPS) is 25.9. The van der Waals surface area contributed by atoms with E-state index in [0.717, 1.165) is 15.6 Å². The summed E-state index contributed by atoms with van der Waals surface area (Å²) in [4.78, 5) is 0.186. The van der Waals surface area contributed by atoms with Crippen LogP contribution < -0.4 is 0 Å². The SMILES string of the molecule is Cc1ccc(S(=O)(=O)C2C(c3ccc(Br)cc3)C2(C#N)CO)cc1. The lowest BCUT2D eigenvalue weighted by atomic mass is 10.0. The van der Waals surface area contributed by atoms with E-state index in [-0.39, 0.29) is 4.90 Å².